The van der Waals surface area contributed by atoms with Crippen LogP contribution < -0.4 is 5.73 Å². The van der Waals surface area contributed by atoms with Crippen molar-refractivity contribution in [1.82, 2.24) is 25.1 Å². The van der Waals surface area contributed by atoms with E-state index in [0.717, 1.165) is 29.1 Å². The van der Waals surface area contributed by atoms with Gasteiger partial charge < -0.3 is 19.5 Å². The first-order valence-electron chi connectivity index (χ1n) is 12.8. The van der Waals surface area contributed by atoms with Crippen LogP contribution in [0.1, 0.15) is 58.3 Å². The van der Waals surface area contributed by atoms with Crippen LogP contribution in [0.4, 0.5) is 0 Å². The minimum Gasteiger partial charge on any atom is -0.444 e. The number of aryl methyl sites for hydroxylation is 1. The number of oxazole rings is 1. The van der Waals surface area contributed by atoms with E-state index in [1.54, 1.807) is 23.6 Å². The maximum absolute atomic E-state index is 13.9. The molecule has 4 heterocycles. The average molecular weight is 541 g/mol. The van der Waals surface area contributed by atoms with Crippen LogP contribution in [-0.4, -0.2) is 37.5 Å². The van der Waals surface area contributed by atoms with Gasteiger partial charge in [-0.15, -0.1) is 21.5 Å². The predicted octanol–water partition coefficient (Wildman–Crippen LogP) is 5.55. The van der Waals surface area contributed by atoms with Gasteiger partial charge in [0.1, 0.15) is 5.01 Å². The number of rotatable bonds is 7. The number of aromatic nitrogens is 4. The molecule has 9 nitrogen and oxygen atoms in total. The Hall–Kier alpha value is -4.15. The molecule has 2 N–H and O–H groups in total. The number of nitrogens with two attached hydrogens (primary N) is 1. The van der Waals surface area contributed by atoms with Crippen LogP contribution in [0.2, 0.25) is 0 Å². The lowest BCUT2D eigenvalue weighted by molar-refractivity contribution is 0.0735. The Kier molecular flexibility index (Phi) is 6.58. The highest BCUT2D eigenvalue weighted by Crippen LogP contribution is 2.36. The first-order chi connectivity index (χ1) is 18.9. The third kappa shape index (κ3) is 5.13. The minimum absolute atomic E-state index is 0.0421. The van der Waals surface area contributed by atoms with Gasteiger partial charge >= 0.3 is 0 Å². The van der Waals surface area contributed by atoms with E-state index in [1.165, 1.54) is 6.39 Å². The molecule has 1 aliphatic rings. The van der Waals surface area contributed by atoms with Crippen molar-refractivity contribution in [1.29, 1.82) is 0 Å². The summed E-state index contributed by atoms with van der Waals surface area (Å²) in [6.07, 6.45) is 5.31. The van der Waals surface area contributed by atoms with E-state index in [9.17, 15) is 4.79 Å². The Morgan fingerprint density at radius 3 is 2.74 bits per heavy atom. The summed E-state index contributed by atoms with van der Waals surface area (Å²) in [7, 11) is 0. The Labute approximate surface area is 229 Å². The summed E-state index contributed by atoms with van der Waals surface area (Å²) in [4.78, 5) is 24.5. The van der Waals surface area contributed by atoms with Gasteiger partial charge in [0.15, 0.2) is 12.2 Å². The van der Waals surface area contributed by atoms with Gasteiger partial charge in [-0.1, -0.05) is 30.3 Å². The number of amides is 1. The molecular formula is C29H28N6O3S. The van der Waals surface area contributed by atoms with E-state index in [2.05, 4.69) is 20.2 Å². The molecule has 1 saturated heterocycles. The molecule has 10 heteroatoms. The van der Waals surface area contributed by atoms with E-state index in [0.29, 0.717) is 41.3 Å². The average Bonchev–Trinajstić information content (AvgIpc) is 3.74. The molecular weight excluding hydrogens is 512 g/mol. The zero-order valence-corrected chi connectivity index (χ0v) is 22.5. The summed E-state index contributed by atoms with van der Waals surface area (Å²) in [6, 6.07) is 15.3. The SMILES string of the molecule is Cc1csc([C@H]2CCCN2C(=O)c2cc(-c3cnco3)cc(-c3nnc([C@@](C)(N)Cc4ccccc4)o3)c2)n1. The molecule has 0 unspecified atom stereocenters. The Bertz CT molecular complexity index is 1590. The second-order valence-electron chi connectivity index (χ2n) is 10.1. The largest absolute Gasteiger partial charge is 0.444 e. The Balaban J connectivity index is 1.35. The van der Waals surface area contributed by atoms with Crippen molar-refractivity contribution < 1.29 is 13.6 Å². The maximum Gasteiger partial charge on any atom is 0.254 e. The van der Waals surface area contributed by atoms with Gasteiger partial charge in [0.05, 0.1) is 17.8 Å². The van der Waals surface area contributed by atoms with E-state index in [-0.39, 0.29) is 17.8 Å². The molecule has 0 spiro atoms. The zero-order chi connectivity index (χ0) is 27.0. The van der Waals surface area contributed by atoms with Crippen molar-refractivity contribution in [3.05, 3.63) is 94.2 Å². The van der Waals surface area contributed by atoms with Crippen LogP contribution in [0, 0.1) is 6.92 Å². The number of nitrogens with zero attached hydrogens (tertiary/aromatic N) is 5. The fourth-order valence-electron chi connectivity index (χ4n) is 5.00. The number of hydrogen-bond donors (Lipinski definition) is 1. The molecule has 0 aliphatic carbocycles. The number of carbonyl (C=O) groups is 1. The zero-order valence-electron chi connectivity index (χ0n) is 21.7. The highest BCUT2D eigenvalue weighted by Gasteiger charge is 2.33. The summed E-state index contributed by atoms with van der Waals surface area (Å²) < 4.78 is 11.7. The van der Waals surface area contributed by atoms with Crippen molar-refractivity contribution in [2.75, 3.05) is 6.54 Å². The monoisotopic (exact) mass is 540 g/mol. The number of carbonyl (C=O) groups excluding carboxylic acids is 1. The van der Waals surface area contributed by atoms with E-state index >= 15 is 0 Å². The van der Waals surface area contributed by atoms with Crippen LogP contribution in [0.15, 0.2) is 75.3 Å². The summed E-state index contributed by atoms with van der Waals surface area (Å²) in [5, 5.41) is 11.6. The minimum atomic E-state index is -0.873. The van der Waals surface area contributed by atoms with Crippen LogP contribution in [0.25, 0.3) is 22.8 Å². The standard InChI is InChI=1S/C29H28N6O3S/c1-18-16-39-26(32-18)23-9-6-10-35(23)27(36)22-12-20(24-15-31-17-37-24)11-21(13-22)25-33-34-28(38-25)29(2,30)14-19-7-4-3-5-8-19/h3-5,7-8,11-13,15-17,23H,6,9-10,14,30H2,1-2H3/t23-,29+/m1/s1. The third-order valence-corrected chi connectivity index (χ3v) is 7.97. The summed E-state index contributed by atoms with van der Waals surface area (Å²) >= 11 is 1.60. The molecule has 3 aromatic heterocycles. The fourth-order valence-corrected chi connectivity index (χ4v) is 5.94. The van der Waals surface area contributed by atoms with E-state index in [1.807, 2.05) is 66.6 Å². The van der Waals surface area contributed by atoms with Crippen LogP contribution in [-0.2, 0) is 12.0 Å². The number of likely N-dealkylation sites (tertiary alicyclic amines) is 1. The van der Waals surface area contributed by atoms with Crippen LogP contribution >= 0.6 is 11.3 Å². The second-order valence-corrected chi connectivity index (χ2v) is 11.0. The number of benzene rings is 2. The lowest BCUT2D eigenvalue weighted by Crippen LogP contribution is -2.35. The van der Waals surface area contributed by atoms with Crippen molar-refractivity contribution in [3.8, 4) is 22.8 Å². The van der Waals surface area contributed by atoms with Gasteiger partial charge in [0, 0.05) is 34.3 Å². The molecule has 6 rings (SSSR count). The lowest BCUT2D eigenvalue weighted by Gasteiger charge is -2.23. The van der Waals surface area contributed by atoms with Crippen molar-refractivity contribution in [2.24, 2.45) is 5.73 Å². The van der Waals surface area contributed by atoms with Gasteiger partial charge in [-0.2, -0.15) is 0 Å². The molecule has 0 bridgehead atoms. The van der Waals surface area contributed by atoms with Gasteiger partial charge in [-0.3, -0.25) is 4.79 Å². The van der Waals surface area contributed by atoms with Gasteiger partial charge in [-0.25, -0.2) is 9.97 Å². The summed E-state index contributed by atoms with van der Waals surface area (Å²) in [6.45, 7) is 4.50. The van der Waals surface area contributed by atoms with Crippen molar-refractivity contribution >= 4 is 17.2 Å². The summed E-state index contributed by atoms with van der Waals surface area (Å²) in [5.41, 5.74) is 9.57. The maximum atomic E-state index is 13.9. The molecule has 1 fully saturated rings. The first kappa shape index (κ1) is 25.1. The molecule has 5 aromatic rings. The Morgan fingerprint density at radius 1 is 1.18 bits per heavy atom. The highest BCUT2D eigenvalue weighted by atomic mass is 32.1. The molecule has 0 saturated carbocycles. The van der Waals surface area contributed by atoms with Crippen LogP contribution in [0.3, 0.4) is 0 Å². The fraction of sp³-hybridized carbons (Fsp3) is 0.276. The number of thiazole rings is 1. The van der Waals surface area contributed by atoms with Crippen molar-refractivity contribution in [3.63, 3.8) is 0 Å². The van der Waals surface area contributed by atoms with Gasteiger partial charge in [0.25, 0.3) is 5.91 Å². The molecule has 198 valence electrons. The normalized spacial score (nSPS) is 16.9. The topological polar surface area (TPSA) is 124 Å². The second kappa shape index (κ2) is 10.2. The van der Waals surface area contributed by atoms with E-state index < -0.39 is 5.54 Å². The molecule has 1 aliphatic heterocycles. The lowest BCUT2D eigenvalue weighted by atomic mass is 9.94. The first-order valence-corrected chi connectivity index (χ1v) is 13.7. The third-order valence-electron chi connectivity index (χ3n) is 6.91. The van der Waals surface area contributed by atoms with Crippen LogP contribution in [0.5, 0.6) is 0 Å². The molecule has 1 amide bonds. The van der Waals surface area contributed by atoms with Gasteiger partial charge in [0.2, 0.25) is 11.8 Å². The summed E-state index contributed by atoms with van der Waals surface area (Å²) in [5.74, 6) is 1.05. The molecule has 2 atom stereocenters. The highest BCUT2D eigenvalue weighted by molar-refractivity contribution is 7.09. The Morgan fingerprint density at radius 2 is 2.00 bits per heavy atom. The van der Waals surface area contributed by atoms with Gasteiger partial charge in [-0.05, 0) is 56.9 Å². The molecule has 2 aromatic carbocycles. The molecule has 39 heavy (non-hydrogen) atoms. The predicted molar refractivity (Wildman–Crippen MR) is 147 cm³/mol. The van der Waals surface area contributed by atoms with E-state index in [4.69, 9.17) is 14.6 Å². The number of hydrogen-bond acceptors (Lipinski definition) is 9. The van der Waals surface area contributed by atoms with Crippen molar-refractivity contribution in [2.45, 2.75) is 44.7 Å². The molecule has 0 radical (unpaired) electrons. The smallest absolute Gasteiger partial charge is 0.254 e. The quantitative estimate of drug-likeness (QED) is 0.285.